The van der Waals surface area contributed by atoms with Crippen molar-refractivity contribution < 1.29 is 14.4 Å². The molecule has 37 heavy (non-hydrogen) atoms. The third-order valence-corrected chi connectivity index (χ3v) is 7.59. The molecule has 206 valence electrons. The van der Waals surface area contributed by atoms with Crippen molar-refractivity contribution in [3.8, 4) is 0 Å². The number of thioether (sulfide) groups is 1. The highest BCUT2D eigenvalue weighted by Crippen LogP contribution is 2.25. The Balaban J connectivity index is 1.51. The van der Waals surface area contributed by atoms with E-state index in [1.807, 2.05) is 13.0 Å². The summed E-state index contributed by atoms with van der Waals surface area (Å²) in [6, 6.07) is 7.29. The third-order valence-electron chi connectivity index (χ3n) is 6.40. The summed E-state index contributed by atoms with van der Waals surface area (Å²) < 4.78 is 0. The van der Waals surface area contributed by atoms with E-state index >= 15 is 0 Å². The first kappa shape index (κ1) is 30.8. The zero-order valence-electron chi connectivity index (χ0n) is 22.7. The molecule has 1 heterocycles. The van der Waals surface area contributed by atoms with Gasteiger partial charge in [0.1, 0.15) is 0 Å². The zero-order chi connectivity index (χ0) is 26.9. The van der Waals surface area contributed by atoms with Crippen molar-refractivity contribution in [3.63, 3.8) is 0 Å². The summed E-state index contributed by atoms with van der Waals surface area (Å²) in [5.74, 6) is -0.283. The van der Waals surface area contributed by atoms with Crippen LogP contribution in [-0.4, -0.2) is 53.8 Å². The smallest absolute Gasteiger partial charge is 0.259 e. The molecule has 1 aliphatic rings. The van der Waals surface area contributed by atoms with E-state index in [-0.39, 0.29) is 23.8 Å². The average Bonchev–Trinajstić information content (AvgIpc) is 3.17. The van der Waals surface area contributed by atoms with Gasteiger partial charge >= 0.3 is 0 Å². The SMILES string of the molecule is CC(=O)NCCNCCCCCCCCCCCC(=O)Nc1ccccc1C(=O)NC1=NC(C)C(C)S1. The lowest BCUT2D eigenvalue weighted by Crippen LogP contribution is -2.30. The Morgan fingerprint density at radius 2 is 1.49 bits per heavy atom. The summed E-state index contributed by atoms with van der Waals surface area (Å²) in [5.41, 5.74) is 0.991. The summed E-state index contributed by atoms with van der Waals surface area (Å²) in [6.45, 7) is 8.18. The van der Waals surface area contributed by atoms with Gasteiger partial charge in [-0.15, -0.1) is 0 Å². The van der Waals surface area contributed by atoms with Crippen LogP contribution in [0, 0.1) is 0 Å². The molecule has 0 bridgehead atoms. The number of nitrogens with one attached hydrogen (secondary N) is 4. The maximum absolute atomic E-state index is 12.8. The Bertz CT molecular complexity index is 892. The van der Waals surface area contributed by atoms with Crippen molar-refractivity contribution in [1.82, 2.24) is 16.0 Å². The fourth-order valence-electron chi connectivity index (χ4n) is 4.05. The molecule has 0 radical (unpaired) electrons. The lowest BCUT2D eigenvalue weighted by molar-refractivity contribution is -0.119. The van der Waals surface area contributed by atoms with Crippen LogP contribution >= 0.6 is 11.8 Å². The minimum absolute atomic E-state index is 0.0201. The van der Waals surface area contributed by atoms with E-state index in [0.717, 1.165) is 32.4 Å². The van der Waals surface area contributed by atoms with Gasteiger partial charge in [-0.05, 0) is 38.4 Å². The molecule has 0 saturated heterocycles. The van der Waals surface area contributed by atoms with Gasteiger partial charge in [0.25, 0.3) is 5.91 Å². The van der Waals surface area contributed by atoms with Crippen LogP contribution in [-0.2, 0) is 9.59 Å². The van der Waals surface area contributed by atoms with Gasteiger partial charge in [-0.2, -0.15) is 0 Å². The molecule has 3 amide bonds. The lowest BCUT2D eigenvalue weighted by atomic mass is 10.1. The monoisotopic (exact) mass is 531 g/mol. The number of amides is 3. The molecule has 2 unspecified atom stereocenters. The highest BCUT2D eigenvalue weighted by Gasteiger charge is 2.24. The number of aliphatic imine (C=N–C) groups is 1. The summed E-state index contributed by atoms with van der Waals surface area (Å²) in [6.07, 6.45) is 10.9. The number of anilines is 1. The van der Waals surface area contributed by atoms with Gasteiger partial charge in [-0.25, -0.2) is 0 Å². The van der Waals surface area contributed by atoms with E-state index in [0.29, 0.717) is 34.6 Å². The second-order valence-corrected chi connectivity index (χ2v) is 11.1. The molecular formula is C28H45N5O3S. The molecule has 0 fully saturated rings. The van der Waals surface area contributed by atoms with Crippen molar-refractivity contribution in [3.05, 3.63) is 29.8 Å². The van der Waals surface area contributed by atoms with Crippen LogP contribution in [0.1, 0.15) is 95.3 Å². The average molecular weight is 532 g/mol. The predicted octanol–water partition coefficient (Wildman–Crippen LogP) is 4.86. The number of carbonyl (C=O) groups excluding carboxylic acids is 3. The number of benzene rings is 1. The van der Waals surface area contributed by atoms with Gasteiger partial charge in [-0.3, -0.25) is 19.4 Å². The van der Waals surface area contributed by atoms with Crippen LogP contribution in [0.4, 0.5) is 5.69 Å². The normalized spacial score (nSPS) is 16.8. The molecule has 1 aliphatic heterocycles. The number of nitrogens with zero attached hydrogens (tertiary/aromatic N) is 1. The quantitative estimate of drug-likeness (QED) is 0.215. The highest BCUT2D eigenvalue weighted by molar-refractivity contribution is 8.14. The van der Waals surface area contributed by atoms with E-state index in [2.05, 4.69) is 33.2 Å². The topological polar surface area (TPSA) is 112 Å². The van der Waals surface area contributed by atoms with Gasteiger partial charge in [0, 0.05) is 31.7 Å². The van der Waals surface area contributed by atoms with Crippen molar-refractivity contribution in [2.45, 2.75) is 96.3 Å². The first-order chi connectivity index (χ1) is 17.9. The molecule has 0 aliphatic carbocycles. The fraction of sp³-hybridized carbons (Fsp3) is 0.643. The molecule has 8 nitrogen and oxygen atoms in total. The van der Waals surface area contributed by atoms with Gasteiger partial charge < -0.3 is 21.3 Å². The molecule has 1 aromatic carbocycles. The number of hydrogen-bond acceptors (Lipinski definition) is 6. The molecule has 0 saturated carbocycles. The number of carbonyl (C=O) groups is 3. The second-order valence-electron chi connectivity index (χ2n) is 9.71. The number of rotatable bonds is 17. The number of unbranched alkanes of at least 4 members (excludes halogenated alkanes) is 8. The van der Waals surface area contributed by atoms with E-state index in [1.165, 1.54) is 45.4 Å². The van der Waals surface area contributed by atoms with Crippen LogP contribution in [0.15, 0.2) is 29.3 Å². The second kappa shape index (κ2) is 18.0. The largest absolute Gasteiger partial charge is 0.355 e. The van der Waals surface area contributed by atoms with E-state index in [9.17, 15) is 14.4 Å². The van der Waals surface area contributed by atoms with E-state index in [4.69, 9.17) is 0 Å². The van der Waals surface area contributed by atoms with Crippen molar-refractivity contribution in [1.29, 1.82) is 0 Å². The van der Waals surface area contributed by atoms with Crippen molar-refractivity contribution in [2.24, 2.45) is 4.99 Å². The Labute approximate surface area is 226 Å². The Morgan fingerprint density at radius 1 is 0.838 bits per heavy atom. The maximum Gasteiger partial charge on any atom is 0.259 e. The molecule has 1 aromatic rings. The van der Waals surface area contributed by atoms with E-state index < -0.39 is 0 Å². The van der Waals surface area contributed by atoms with Crippen LogP contribution in [0.25, 0.3) is 0 Å². The summed E-state index contributed by atoms with van der Waals surface area (Å²) >= 11 is 1.56. The first-order valence-corrected chi connectivity index (χ1v) is 14.6. The van der Waals surface area contributed by atoms with E-state index in [1.54, 1.807) is 30.0 Å². The molecule has 0 spiro atoms. The van der Waals surface area contributed by atoms with Gasteiger partial charge in [0.2, 0.25) is 11.8 Å². The van der Waals surface area contributed by atoms with Gasteiger partial charge in [0.15, 0.2) is 5.17 Å². The number of amidine groups is 1. The summed E-state index contributed by atoms with van der Waals surface area (Å²) in [4.78, 5) is 40.5. The number of hydrogen-bond donors (Lipinski definition) is 4. The summed E-state index contributed by atoms with van der Waals surface area (Å²) in [7, 11) is 0. The Morgan fingerprint density at radius 3 is 2.14 bits per heavy atom. The Kier molecular flexibility index (Phi) is 15.0. The lowest BCUT2D eigenvalue weighted by Gasteiger charge is -2.11. The van der Waals surface area contributed by atoms with Crippen LogP contribution in [0.3, 0.4) is 0 Å². The Hall–Kier alpha value is -2.39. The standard InChI is InChI=1S/C28H45N5O3S/c1-21-22(2)37-28(31-21)33-27(36)24-15-12-13-16-25(24)32-26(35)17-11-9-7-5-4-6-8-10-14-18-29-19-20-30-23(3)34/h12-13,15-16,21-22,29H,4-11,14,17-20H2,1-3H3,(H,30,34)(H,32,35)(H,31,33,36). The minimum atomic E-state index is -0.248. The maximum atomic E-state index is 12.8. The van der Waals surface area contributed by atoms with Crippen LogP contribution < -0.4 is 21.3 Å². The first-order valence-electron chi connectivity index (χ1n) is 13.8. The molecule has 4 N–H and O–H groups in total. The molecular weight excluding hydrogens is 486 g/mol. The molecule has 2 atom stereocenters. The van der Waals surface area contributed by atoms with Gasteiger partial charge in [0.05, 0.1) is 17.3 Å². The van der Waals surface area contributed by atoms with Gasteiger partial charge in [-0.1, -0.05) is 75.8 Å². The molecule has 0 aromatic heterocycles. The summed E-state index contributed by atoms with van der Waals surface area (Å²) in [5, 5.41) is 12.9. The van der Waals surface area contributed by atoms with Crippen molar-refractivity contribution in [2.75, 3.05) is 25.0 Å². The van der Waals surface area contributed by atoms with Crippen LogP contribution in [0.2, 0.25) is 0 Å². The fourth-order valence-corrected chi connectivity index (χ4v) is 5.04. The predicted molar refractivity (Wildman–Crippen MR) is 154 cm³/mol. The zero-order valence-corrected chi connectivity index (χ0v) is 23.6. The molecule has 2 rings (SSSR count). The van der Waals surface area contributed by atoms with Crippen LogP contribution in [0.5, 0.6) is 0 Å². The van der Waals surface area contributed by atoms with Crippen molar-refractivity contribution >= 4 is 40.3 Å². The third kappa shape index (κ3) is 13.1. The highest BCUT2D eigenvalue weighted by atomic mass is 32.2. The number of para-hydroxylation sites is 1. The molecule has 9 heteroatoms. The minimum Gasteiger partial charge on any atom is -0.355 e.